The molecule has 5 heteroatoms. The van der Waals surface area contributed by atoms with E-state index in [1.54, 1.807) is 12.4 Å². The van der Waals surface area contributed by atoms with Crippen LogP contribution < -0.4 is 10.6 Å². The molecule has 0 aliphatic carbocycles. The van der Waals surface area contributed by atoms with E-state index in [0.29, 0.717) is 6.54 Å². The summed E-state index contributed by atoms with van der Waals surface area (Å²) in [4.78, 5) is 6.07. The molecule has 0 atom stereocenters. The number of likely N-dealkylation sites (N-methyl/N-ethyl adjacent to an activating group) is 1. The van der Waals surface area contributed by atoms with Crippen molar-refractivity contribution < 1.29 is 0 Å². The molecule has 0 unspecified atom stereocenters. The van der Waals surface area contributed by atoms with E-state index in [1.165, 1.54) is 0 Å². The van der Waals surface area contributed by atoms with Gasteiger partial charge in [-0.1, -0.05) is 0 Å². The average Bonchev–Trinajstić information content (AvgIpc) is 2.38. The van der Waals surface area contributed by atoms with Gasteiger partial charge in [-0.15, -0.1) is 10.2 Å². The summed E-state index contributed by atoms with van der Waals surface area (Å²) in [5, 5.41) is 8.46. The Morgan fingerprint density at radius 2 is 2.00 bits per heavy atom. The van der Waals surface area contributed by atoms with Crippen LogP contribution in [-0.4, -0.2) is 34.3 Å². The number of pyridine rings is 1. The van der Waals surface area contributed by atoms with Gasteiger partial charge in [0.15, 0.2) is 5.82 Å². The molecule has 2 rings (SSSR count). The highest BCUT2D eigenvalue weighted by atomic mass is 15.3. The molecule has 0 spiro atoms. The van der Waals surface area contributed by atoms with Gasteiger partial charge in [-0.25, -0.2) is 0 Å². The molecule has 100 valence electrons. The molecule has 0 saturated heterocycles. The van der Waals surface area contributed by atoms with Crippen molar-refractivity contribution in [2.75, 3.05) is 18.5 Å². The second-order valence-corrected chi connectivity index (χ2v) is 5.36. The van der Waals surface area contributed by atoms with E-state index >= 15 is 0 Å². The molecule has 0 aliphatic rings. The van der Waals surface area contributed by atoms with Crippen LogP contribution in [0.2, 0.25) is 0 Å². The minimum Gasteiger partial charge on any atom is -0.356 e. The maximum Gasteiger partial charge on any atom is 0.151 e. The second kappa shape index (κ2) is 5.32. The zero-order valence-corrected chi connectivity index (χ0v) is 11.5. The van der Waals surface area contributed by atoms with Gasteiger partial charge in [-0.05, 0) is 38.1 Å². The summed E-state index contributed by atoms with van der Waals surface area (Å²) in [6, 6.07) is 7.73. The third kappa shape index (κ3) is 3.72. The van der Waals surface area contributed by atoms with Crippen molar-refractivity contribution >= 4 is 5.82 Å². The Morgan fingerprint density at radius 1 is 1.21 bits per heavy atom. The van der Waals surface area contributed by atoms with Crippen molar-refractivity contribution in [3.63, 3.8) is 0 Å². The molecule has 19 heavy (non-hydrogen) atoms. The van der Waals surface area contributed by atoms with E-state index in [1.807, 2.05) is 50.1 Å². The van der Waals surface area contributed by atoms with Gasteiger partial charge >= 0.3 is 0 Å². The SMILES string of the molecule is CN(CC(C)(C)N)c1ccc(-c2cccnc2)nn1. The minimum atomic E-state index is -0.265. The Bertz CT molecular complexity index is 516. The van der Waals surface area contributed by atoms with Gasteiger partial charge in [0.2, 0.25) is 0 Å². The lowest BCUT2D eigenvalue weighted by molar-refractivity contribution is 0.516. The minimum absolute atomic E-state index is 0.265. The van der Waals surface area contributed by atoms with Crippen LogP contribution in [0.25, 0.3) is 11.3 Å². The Kier molecular flexibility index (Phi) is 3.76. The fourth-order valence-electron chi connectivity index (χ4n) is 1.89. The lowest BCUT2D eigenvalue weighted by Crippen LogP contribution is -2.44. The summed E-state index contributed by atoms with van der Waals surface area (Å²) >= 11 is 0. The van der Waals surface area contributed by atoms with Crippen LogP contribution in [0.5, 0.6) is 0 Å². The summed E-state index contributed by atoms with van der Waals surface area (Å²) in [6.07, 6.45) is 3.51. The van der Waals surface area contributed by atoms with Crippen LogP contribution in [0.1, 0.15) is 13.8 Å². The topological polar surface area (TPSA) is 67.9 Å². The third-order valence-corrected chi connectivity index (χ3v) is 2.64. The molecule has 0 amide bonds. The molecular weight excluding hydrogens is 238 g/mol. The fraction of sp³-hybridized carbons (Fsp3) is 0.357. The van der Waals surface area contributed by atoms with E-state index in [-0.39, 0.29) is 5.54 Å². The Hall–Kier alpha value is -2.01. The summed E-state index contributed by atoms with van der Waals surface area (Å²) < 4.78 is 0. The zero-order chi connectivity index (χ0) is 13.9. The van der Waals surface area contributed by atoms with Crippen molar-refractivity contribution in [3.05, 3.63) is 36.7 Å². The molecule has 0 radical (unpaired) electrons. The van der Waals surface area contributed by atoms with Gasteiger partial charge in [0, 0.05) is 37.1 Å². The Balaban J connectivity index is 2.15. The number of aromatic nitrogens is 3. The number of nitrogens with zero attached hydrogens (tertiary/aromatic N) is 4. The van der Waals surface area contributed by atoms with Crippen molar-refractivity contribution in [2.45, 2.75) is 19.4 Å². The first kappa shape index (κ1) is 13.4. The van der Waals surface area contributed by atoms with Crippen LogP contribution in [0, 0.1) is 0 Å². The van der Waals surface area contributed by atoms with E-state index in [9.17, 15) is 0 Å². The number of nitrogens with two attached hydrogens (primary N) is 1. The van der Waals surface area contributed by atoms with Crippen molar-refractivity contribution in [3.8, 4) is 11.3 Å². The van der Waals surface area contributed by atoms with E-state index < -0.39 is 0 Å². The first-order valence-electron chi connectivity index (χ1n) is 6.20. The van der Waals surface area contributed by atoms with E-state index in [4.69, 9.17) is 5.73 Å². The highest BCUT2D eigenvalue weighted by Crippen LogP contribution is 2.17. The maximum atomic E-state index is 6.00. The third-order valence-electron chi connectivity index (χ3n) is 2.64. The van der Waals surface area contributed by atoms with Crippen LogP contribution >= 0.6 is 0 Å². The molecule has 0 aliphatic heterocycles. The van der Waals surface area contributed by atoms with Gasteiger partial charge in [0.1, 0.15) is 0 Å². The fourth-order valence-corrected chi connectivity index (χ4v) is 1.89. The van der Waals surface area contributed by atoms with Gasteiger partial charge in [0.05, 0.1) is 5.69 Å². The highest BCUT2D eigenvalue weighted by molar-refractivity contribution is 5.58. The second-order valence-electron chi connectivity index (χ2n) is 5.36. The quantitative estimate of drug-likeness (QED) is 0.903. The predicted octanol–water partition coefficient (Wildman–Crippen LogP) is 1.71. The zero-order valence-electron chi connectivity index (χ0n) is 11.5. The molecule has 0 saturated carbocycles. The smallest absolute Gasteiger partial charge is 0.151 e. The molecule has 0 fully saturated rings. The molecule has 0 aromatic carbocycles. The van der Waals surface area contributed by atoms with Crippen LogP contribution in [0.3, 0.4) is 0 Å². The van der Waals surface area contributed by atoms with Crippen LogP contribution in [0.15, 0.2) is 36.7 Å². The largest absolute Gasteiger partial charge is 0.356 e. The molecule has 0 bridgehead atoms. The summed E-state index contributed by atoms with van der Waals surface area (Å²) in [5.74, 6) is 0.811. The van der Waals surface area contributed by atoms with E-state index in [2.05, 4.69) is 15.2 Å². The van der Waals surface area contributed by atoms with Gasteiger partial charge in [-0.2, -0.15) is 0 Å². The van der Waals surface area contributed by atoms with Crippen molar-refractivity contribution in [1.29, 1.82) is 0 Å². The standard InChI is InChI=1S/C14H19N5/c1-14(2,15)10-19(3)13-7-6-12(17-18-13)11-5-4-8-16-9-11/h4-9H,10,15H2,1-3H3. The summed E-state index contributed by atoms with van der Waals surface area (Å²) in [6.45, 7) is 4.69. The van der Waals surface area contributed by atoms with Crippen LogP contribution in [-0.2, 0) is 0 Å². The molecule has 5 nitrogen and oxygen atoms in total. The molecule has 2 aromatic rings. The number of anilines is 1. The first-order chi connectivity index (χ1) is 8.96. The van der Waals surface area contributed by atoms with Crippen LogP contribution in [0.4, 0.5) is 5.82 Å². The lowest BCUT2D eigenvalue weighted by Gasteiger charge is -2.26. The Morgan fingerprint density at radius 3 is 2.53 bits per heavy atom. The van der Waals surface area contributed by atoms with Gasteiger partial charge in [0.25, 0.3) is 0 Å². The molecular formula is C14H19N5. The lowest BCUT2D eigenvalue weighted by atomic mass is 10.1. The molecule has 2 heterocycles. The first-order valence-corrected chi connectivity index (χ1v) is 6.20. The summed E-state index contributed by atoms with van der Waals surface area (Å²) in [5.41, 5.74) is 7.51. The van der Waals surface area contributed by atoms with Crippen molar-refractivity contribution in [2.24, 2.45) is 5.73 Å². The molecule has 2 N–H and O–H groups in total. The number of hydrogen-bond donors (Lipinski definition) is 1. The predicted molar refractivity (Wildman–Crippen MR) is 76.8 cm³/mol. The average molecular weight is 257 g/mol. The highest BCUT2D eigenvalue weighted by Gasteiger charge is 2.15. The number of rotatable bonds is 4. The number of hydrogen-bond acceptors (Lipinski definition) is 5. The monoisotopic (exact) mass is 257 g/mol. The van der Waals surface area contributed by atoms with E-state index in [0.717, 1.165) is 17.1 Å². The Labute approximate surface area is 113 Å². The van der Waals surface area contributed by atoms with Gasteiger partial charge < -0.3 is 10.6 Å². The van der Waals surface area contributed by atoms with Gasteiger partial charge in [-0.3, -0.25) is 4.98 Å². The molecule has 2 aromatic heterocycles. The normalized spacial score (nSPS) is 11.4. The van der Waals surface area contributed by atoms with Crippen molar-refractivity contribution in [1.82, 2.24) is 15.2 Å². The maximum absolute atomic E-state index is 6.00. The summed E-state index contributed by atoms with van der Waals surface area (Å²) in [7, 11) is 1.96.